The van der Waals surface area contributed by atoms with Crippen LogP contribution in [0.5, 0.6) is 0 Å². The summed E-state index contributed by atoms with van der Waals surface area (Å²) in [5.74, 6) is -0.273. The maximum atomic E-state index is 11.2. The summed E-state index contributed by atoms with van der Waals surface area (Å²) >= 11 is 0. The van der Waals surface area contributed by atoms with Crippen LogP contribution >= 0.6 is 0 Å². The van der Waals surface area contributed by atoms with Crippen molar-refractivity contribution in [3.05, 3.63) is 0 Å². The zero-order valence-corrected chi connectivity index (χ0v) is 7.40. The SMILES string of the molecule is CCN(CB(O)O)C(=O)[C@H](C)N. The van der Waals surface area contributed by atoms with E-state index in [1.54, 1.807) is 13.8 Å². The molecule has 1 atom stereocenters. The second kappa shape index (κ2) is 5.13. The van der Waals surface area contributed by atoms with Crippen molar-refractivity contribution in [1.29, 1.82) is 0 Å². The normalized spacial score (nSPS) is 12.4. The fraction of sp³-hybridized carbons (Fsp3) is 0.833. The number of nitrogens with two attached hydrogens (primary N) is 1. The van der Waals surface area contributed by atoms with Gasteiger partial charge in [0.2, 0.25) is 5.91 Å². The van der Waals surface area contributed by atoms with Gasteiger partial charge in [0.15, 0.2) is 0 Å². The molecule has 0 bridgehead atoms. The van der Waals surface area contributed by atoms with Gasteiger partial charge in [0.05, 0.1) is 12.5 Å². The van der Waals surface area contributed by atoms with E-state index >= 15 is 0 Å². The Morgan fingerprint density at radius 2 is 2.17 bits per heavy atom. The van der Waals surface area contributed by atoms with Gasteiger partial charge in [-0.15, -0.1) is 0 Å². The van der Waals surface area contributed by atoms with Gasteiger partial charge in [-0.2, -0.15) is 0 Å². The molecular formula is C6H15BN2O3. The largest absolute Gasteiger partial charge is 0.472 e. The van der Waals surface area contributed by atoms with Crippen LogP contribution in [-0.4, -0.2) is 47.0 Å². The van der Waals surface area contributed by atoms with Gasteiger partial charge in [0.25, 0.3) is 0 Å². The molecule has 0 heterocycles. The van der Waals surface area contributed by atoms with Crippen LogP contribution in [0.25, 0.3) is 0 Å². The highest BCUT2D eigenvalue weighted by Crippen LogP contribution is 1.92. The molecule has 70 valence electrons. The van der Waals surface area contributed by atoms with E-state index in [-0.39, 0.29) is 12.4 Å². The number of carbonyl (C=O) groups excluding carboxylic acids is 1. The van der Waals surface area contributed by atoms with Gasteiger partial charge in [-0.3, -0.25) is 4.79 Å². The zero-order chi connectivity index (χ0) is 9.72. The second-order valence-corrected chi connectivity index (χ2v) is 2.65. The first-order valence-electron chi connectivity index (χ1n) is 3.89. The molecule has 0 aliphatic heterocycles. The molecule has 0 aromatic rings. The van der Waals surface area contributed by atoms with Crippen LogP contribution in [0.1, 0.15) is 13.8 Å². The molecule has 0 aromatic heterocycles. The van der Waals surface area contributed by atoms with Gasteiger partial charge in [0.1, 0.15) is 0 Å². The minimum Gasteiger partial charge on any atom is -0.426 e. The zero-order valence-electron chi connectivity index (χ0n) is 7.40. The van der Waals surface area contributed by atoms with E-state index in [0.29, 0.717) is 6.54 Å². The van der Waals surface area contributed by atoms with E-state index in [1.807, 2.05) is 0 Å². The van der Waals surface area contributed by atoms with Crippen LogP contribution in [0, 0.1) is 0 Å². The third-order valence-electron chi connectivity index (χ3n) is 1.47. The fourth-order valence-corrected chi connectivity index (χ4v) is 0.860. The summed E-state index contributed by atoms with van der Waals surface area (Å²) in [4.78, 5) is 12.5. The van der Waals surface area contributed by atoms with Crippen LogP contribution in [0.4, 0.5) is 0 Å². The van der Waals surface area contributed by atoms with Gasteiger partial charge >= 0.3 is 7.12 Å². The number of rotatable bonds is 4. The van der Waals surface area contributed by atoms with Crippen LogP contribution in [0.3, 0.4) is 0 Å². The molecular weight excluding hydrogens is 159 g/mol. The van der Waals surface area contributed by atoms with Crippen molar-refractivity contribution in [2.24, 2.45) is 5.73 Å². The van der Waals surface area contributed by atoms with Crippen molar-refractivity contribution >= 4 is 13.0 Å². The van der Waals surface area contributed by atoms with Crippen molar-refractivity contribution in [1.82, 2.24) is 4.90 Å². The highest BCUT2D eigenvalue weighted by molar-refractivity contribution is 6.41. The molecule has 0 aliphatic carbocycles. The molecule has 5 nitrogen and oxygen atoms in total. The van der Waals surface area contributed by atoms with Gasteiger partial charge in [-0.1, -0.05) is 0 Å². The third-order valence-corrected chi connectivity index (χ3v) is 1.47. The Morgan fingerprint density at radius 1 is 1.67 bits per heavy atom. The summed E-state index contributed by atoms with van der Waals surface area (Å²) in [6.07, 6.45) is -0.0864. The van der Waals surface area contributed by atoms with Gasteiger partial charge in [-0.05, 0) is 13.8 Å². The van der Waals surface area contributed by atoms with E-state index in [1.165, 1.54) is 4.90 Å². The van der Waals surface area contributed by atoms with Crippen molar-refractivity contribution in [3.8, 4) is 0 Å². The number of carbonyl (C=O) groups is 1. The molecule has 0 aromatic carbocycles. The van der Waals surface area contributed by atoms with Crippen LogP contribution in [0.15, 0.2) is 0 Å². The number of hydrogen-bond acceptors (Lipinski definition) is 4. The Bertz CT molecular complexity index is 152. The molecule has 0 saturated carbocycles. The highest BCUT2D eigenvalue weighted by Gasteiger charge is 2.20. The molecule has 0 spiro atoms. The van der Waals surface area contributed by atoms with Crippen molar-refractivity contribution < 1.29 is 14.8 Å². The number of hydrogen-bond donors (Lipinski definition) is 3. The van der Waals surface area contributed by atoms with Crippen LogP contribution in [0.2, 0.25) is 0 Å². The first kappa shape index (κ1) is 11.4. The Hall–Kier alpha value is -0.585. The molecule has 0 unspecified atom stereocenters. The average molecular weight is 174 g/mol. The summed E-state index contributed by atoms with van der Waals surface area (Å²) in [6, 6.07) is -0.594. The van der Waals surface area contributed by atoms with E-state index in [2.05, 4.69) is 0 Å². The fourth-order valence-electron chi connectivity index (χ4n) is 0.860. The van der Waals surface area contributed by atoms with Gasteiger partial charge < -0.3 is 20.7 Å². The predicted octanol–water partition coefficient (Wildman–Crippen LogP) is -1.81. The lowest BCUT2D eigenvalue weighted by Crippen LogP contribution is -2.46. The summed E-state index contributed by atoms with van der Waals surface area (Å²) < 4.78 is 0. The maximum Gasteiger partial charge on any atom is 0.472 e. The summed E-state index contributed by atoms with van der Waals surface area (Å²) in [7, 11) is -1.49. The average Bonchev–Trinajstić information content (AvgIpc) is 1.98. The van der Waals surface area contributed by atoms with Crippen molar-refractivity contribution in [3.63, 3.8) is 0 Å². The van der Waals surface area contributed by atoms with Gasteiger partial charge in [-0.25, -0.2) is 0 Å². The maximum absolute atomic E-state index is 11.2. The minimum atomic E-state index is -1.49. The molecule has 6 heteroatoms. The lowest BCUT2D eigenvalue weighted by molar-refractivity contribution is -0.131. The number of nitrogens with zero attached hydrogens (tertiary/aromatic N) is 1. The molecule has 0 rings (SSSR count). The topological polar surface area (TPSA) is 86.8 Å². The Morgan fingerprint density at radius 3 is 2.42 bits per heavy atom. The minimum absolute atomic E-state index is 0.0864. The lowest BCUT2D eigenvalue weighted by atomic mass is 9.91. The quantitative estimate of drug-likeness (QED) is 0.438. The lowest BCUT2D eigenvalue weighted by Gasteiger charge is -2.22. The van der Waals surface area contributed by atoms with E-state index in [9.17, 15) is 4.79 Å². The molecule has 0 aliphatic rings. The van der Waals surface area contributed by atoms with Crippen molar-refractivity contribution in [2.75, 3.05) is 13.0 Å². The number of amides is 1. The Labute approximate surface area is 72.3 Å². The van der Waals surface area contributed by atoms with Crippen LogP contribution < -0.4 is 5.73 Å². The molecule has 12 heavy (non-hydrogen) atoms. The standard InChI is InChI=1S/C6H15BN2O3/c1-3-9(4-7(11)12)6(10)5(2)8/h5,11-12H,3-4,8H2,1-2H3/t5-/m0/s1. The Kier molecular flexibility index (Phi) is 4.88. The first-order valence-corrected chi connectivity index (χ1v) is 3.89. The van der Waals surface area contributed by atoms with Gasteiger partial charge in [0, 0.05) is 6.54 Å². The Balaban J connectivity index is 4.06. The third kappa shape index (κ3) is 3.70. The monoisotopic (exact) mass is 174 g/mol. The van der Waals surface area contributed by atoms with E-state index in [0.717, 1.165) is 0 Å². The number of likely N-dealkylation sites (N-methyl/N-ethyl adjacent to an activating group) is 1. The smallest absolute Gasteiger partial charge is 0.426 e. The predicted molar refractivity (Wildman–Crippen MR) is 46.1 cm³/mol. The van der Waals surface area contributed by atoms with Crippen molar-refractivity contribution in [2.45, 2.75) is 19.9 Å². The molecule has 0 saturated heterocycles. The molecule has 4 N–H and O–H groups in total. The second-order valence-electron chi connectivity index (χ2n) is 2.65. The highest BCUT2D eigenvalue weighted by atomic mass is 16.4. The molecule has 0 radical (unpaired) electrons. The first-order chi connectivity index (χ1) is 5.49. The van der Waals surface area contributed by atoms with Crippen LogP contribution in [-0.2, 0) is 4.79 Å². The van der Waals surface area contributed by atoms with E-state index < -0.39 is 13.2 Å². The van der Waals surface area contributed by atoms with E-state index in [4.69, 9.17) is 15.8 Å². The summed E-state index contributed by atoms with van der Waals surface area (Å²) in [6.45, 7) is 3.75. The molecule has 0 fully saturated rings. The summed E-state index contributed by atoms with van der Waals surface area (Å²) in [5.41, 5.74) is 5.33. The molecule has 1 amide bonds. The summed E-state index contributed by atoms with van der Waals surface area (Å²) in [5, 5.41) is 17.2.